The highest BCUT2D eigenvalue weighted by Gasteiger charge is 2.26. The molecule has 4 rings (SSSR count). The van der Waals surface area contributed by atoms with E-state index in [1.54, 1.807) is 30.3 Å². The fourth-order valence-corrected chi connectivity index (χ4v) is 4.86. The first kappa shape index (κ1) is 22.0. The van der Waals surface area contributed by atoms with Crippen molar-refractivity contribution in [2.45, 2.75) is 19.9 Å². The third kappa shape index (κ3) is 3.89. The molecule has 3 aromatic heterocycles. The molecule has 0 radical (unpaired) electrons. The molecule has 0 unspecified atom stereocenters. The molecule has 1 aromatic carbocycles. The van der Waals surface area contributed by atoms with Gasteiger partial charge >= 0.3 is 0 Å². The van der Waals surface area contributed by atoms with Crippen LogP contribution in [-0.4, -0.2) is 26.6 Å². The van der Waals surface area contributed by atoms with Gasteiger partial charge in [0.2, 0.25) is 0 Å². The Labute approximate surface area is 193 Å². The Morgan fingerprint density at radius 1 is 1.28 bits per heavy atom. The third-order valence-corrected chi connectivity index (χ3v) is 6.44. The molecule has 7 nitrogen and oxygen atoms in total. The van der Waals surface area contributed by atoms with E-state index in [0.29, 0.717) is 27.5 Å². The van der Waals surface area contributed by atoms with Crippen molar-refractivity contribution in [2.75, 3.05) is 5.32 Å². The van der Waals surface area contributed by atoms with Crippen molar-refractivity contribution in [2.24, 2.45) is 5.73 Å². The highest BCUT2D eigenvalue weighted by molar-refractivity contribution is 9.10. The number of hydrogen-bond donors (Lipinski definition) is 2. The van der Waals surface area contributed by atoms with E-state index in [1.165, 1.54) is 16.9 Å². The number of nitrogens with zero attached hydrogens (tertiary/aromatic N) is 3. The van der Waals surface area contributed by atoms with Crippen LogP contribution in [0.5, 0.6) is 0 Å². The molecule has 3 heterocycles. The highest BCUT2D eigenvalue weighted by Crippen LogP contribution is 2.42. The molecule has 3 N–H and O–H groups in total. The number of primary amides is 1. The number of nitrogens with one attached hydrogen (secondary N) is 1. The van der Waals surface area contributed by atoms with Gasteiger partial charge in [-0.2, -0.15) is 5.10 Å². The van der Waals surface area contributed by atoms with Crippen molar-refractivity contribution in [1.82, 2.24) is 14.8 Å². The lowest BCUT2D eigenvalue weighted by Crippen LogP contribution is -2.20. The van der Waals surface area contributed by atoms with E-state index < -0.39 is 23.9 Å². The zero-order valence-electron chi connectivity index (χ0n) is 16.6. The summed E-state index contributed by atoms with van der Waals surface area (Å²) in [5.41, 5.74) is 6.55. The van der Waals surface area contributed by atoms with Gasteiger partial charge in [0.05, 0.1) is 16.4 Å². The summed E-state index contributed by atoms with van der Waals surface area (Å²) in [6, 6.07) is 10.1. The molecule has 2 amide bonds. The van der Waals surface area contributed by atoms with Gasteiger partial charge in [-0.3, -0.25) is 14.3 Å². The monoisotopic (exact) mass is 519 g/mol. The van der Waals surface area contributed by atoms with Gasteiger partial charge in [-0.25, -0.2) is 13.8 Å². The average molecular weight is 520 g/mol. The highest BCUT2D eigenvalue weighted by atomic mass is 79.9. The van der Waals surface area contributed by atoms with Crippen LogP contribution in [0.4, 0.5) is 14.5 Å². The summed E-state index contributed by atoms with van der Waals surface area (Å²) in [7, 11) is 0. The molecule has 0 aliphatic rings. The average Bonchev–Trinajstić information content (AvgIpc) is 3.34. The number of aryl methyl sites for hydroxylation is 1. The van der Waals surface area contributed by atoms with Gasteiger partial charge in [-0.1, -0.05) is 30.3 Å². The number of pyridine rings is 1. The molecule has 0 atom stereocenters. The number of rotatable bonds is 6. The Balaban J connectivity index is 1.97. The van der Waals surface area contributed by atoms with Crippen molar-refractivity contribution in [3.8, 4) is 11.1 Å². The van der Waals surface area contributed by atoms with E-state index in [1.807, 2.05) is 6.92 Å². The number of hydrogen-bond acceptors (Lipinski definition) is 5. The van der Waals surface area contributed by atoms with E-state index in [-0.39, 0.29) is 21.1 Å². The summed E-state index contributed by atoms with van der Waals surface area (Å²) in [5.74, 6) is -1.33. The summed E-state index contributed by atoms with van der Waals surface area (Å²) in [6.45, 7) is 2.27. The maximum atomic E-state index is 13.5. The molecule has 4 aromatic rings. The normalized spacial score (nSPS) is 11.3. The second kappa shape index (κ2) is 8.75. The van der Waals surface area contributed by atoms with E-state index in [2.05, 4.69) is 31.3 Å². The minimum atomic E-state index is -2.81. The van der Waals surface area contributed by atoms with Gasteiger partial charge in [0.25, 0.3) is 18.2 Å². The van der Waals surface area contributed by atoms with Crippen LogP contribution in [0, 0.1) is 0 Å². The van der Waals surface area contributed by atoms with Gasteiger partial charge in [0.15, 0.2) is 0 Å². The van der Waals surface area contributed by atoms with Gasteiger partial charge in [0.1, 0.15) is 21.1 Å². The molecule has 0 spiro atoms. The molecule has 0 fully saturated rings. The zero-order chi connectivity index (χ0) is 23.0. The smallest absolute Gasteiger partial charge is 0.280 e. The summed E-state index contributed by atoms with van der Waals surface area (Å²) < 4.78 is 29.1. The first-order chi connectivity index (χ1) is 15.3. The standard InChI is InChI=1S/C21H16BrF2N5O2S/c1-2-29-16(12(22)9-26-29)20(31)28-15-14-11(10-6-4-3-5-7-10)8-13(18(23)24)27-21(14)32-17(15)19(25)30/h3-9,18H,2H2,1H3,(H2,25,30)(H,28,31). The van der Waals surface area contributed by atoms with Crippen LogP contribution < -0.4 is 11.1 Å². The third-order valence-electron chi connectivity index (χ3n) is 4.76. The fraction of sp³-hybridized carbons (Fsp3) is 0.143. The van der Waals surface area contributed by atoms with Crippen LogP contribution in [0.1, 0.15) is 39.2 Å². The number of amides is 2. The molecule has 0 bridgehead atoms. The number of thiophene rings is 1. The van der Waals surface area contributed by atoms with Crippen molar-refractivity contribution in [1.29, 1.82) is 0 Å². The van der Waals surface area contributed by atoms with Gasteiger partial charge in [-0.15, -0.1) is 11.3 Å². The maximum absolute atomic E-state index is 13.5. The van der Waals surface area contributed by atoms with E-state index in [4.69, 9.17) is 5.73 Å². The summed E-state index contributed by atoms with van der Waals surface area (Å²) in [5, 5.41) is 7.24. The van der Waals surface area contributed by atoms with Gasteiger partial charge in [-0.05, 0) is 40.0 Å². The number of carbonyl (C=O) groups is 2. The number of anilines is 1. The second-order valence-electron chi connectivity index (χ2n) is 6.72. The SMILES string of the molecule is CCn1ncc(Br)c1C(=O)Nc1c(C(N)=O)sc2nc(C(F)F)cc(-c3ccccc3)c12. The minimum Gasteiger partial charge on any atom is -0.365 e. The molecule has 32 heavy (non-hydrogen) atoms. The Hall–Kier alpha value is -3.18. The molecule has 164 valence electrons. The number of nitrogens with two attached hydrogens (primary N) is 1. The quantitative estimate of drug-likeness (QED) is 0.364. The van der Waals surface area contributed by atoms with Crippen LogP contribution in [0.25, 0.3) is 21.3 Å². The Kier molecular flexibility index (Phi) is 6.02. The van der Waals surface area contributed by atoms with E-state index in [0.717, 1.165) is 11.3 Å². The molecule has 11 heteroatoms. The molecular formula is C21H16BrF2N5O2S. The number of benzene rings is 1. The van der Waals surface area contributed by atoms with Gasteiger partial charge < -0.3 is 11.1 Å². The predicted molar refractivity (Wildman–Crippen MR) is 122 cm³/mol. The number of halogens is 3. The number of aromatic nitrogens is 3. The summed E-state index contributed by atoms with van der Waals surface area (Å²) in [6.07, 6.45) is -1.32. The summed E-state index contributed by atoms with van der Waals surface area (Å²) >= 11 is 4.17. The second-order valence-corrected chi connectivity index (χ2v) is 8.58. The largest absolute Gasteiger partial charge is 0.365 e. The van der Waals surface area contributed by atoms with Gasteiger partial charge in [0, 0.05) is 11.9 Å². The van der Waals surface area contributed by atoms with Crippen LogP contribution >= 0.6 is 27.3 Å². The molecule has 0 aliphatic carbocycles. The van der Waals surface area contributed by atoms with Crippen LogP contribution in [0.3, 0.4) is 0 Å². The Morgan fingerprint density at radius 2 is 2.00 bits per heavy atom. The van der Waals surface area contributed by atoms with Crippen LogP contribution in [0.2, 0.25) is 0 Å². The van der Waals surface area contributed by atoms with Crippen LogP contribution in [-0.2, 0) is 6.54 Å². The first-order valence-corrected chi connectivity index (χ1v) is 11.1. The zero-order valence-corrected chi connectivity index (χ0v) is 19.0. The molecular weight excluding hydrogens is 504 g/mol. The Bertz CT molecular complexity index is 1340. The topological polar surface area (TPSA) is 103 Å². The predicted octanol–water partition coefficient (Wildman–Crippen LogP) is 5.23. The minimum absolute atomic E-state index is 0.0168. The lowest BCUT2D eigenvalue weighted by atomic mass is 10.0. The van der Waals surface area contributed by atoms with Crippen molar-refractivity contribution in [3.05, 3.63) is 63.3 Å². The lowest BCUT2D eigenvalue weighted by Gasteiger charge is -2.12. The molecule has 0 aliphatic heterocycles. The first-order valence-electron chi connectivity index (χ1n) is 9.45. The molecule has 0 saturated carbocycles. The lowest BCUT2D eigenvalue weighted by molar-refractivity contribution is 0.100. The Morgan fingerprint density at radius 3 is 2.62 bits per heavy atom. The van der Waals surface area contributed by atoms with E-state index >= 15 is 0 Å². The number of alkyl halides is 2. The van der Waals surface area contributed by atoms with Crippen molar-refractivity contribution < 1.29 is 18.4 Å². The van der Waals surface area contributed by atoms with Crippen LogP contribution in [0.15, 0.2) is 47.1 Å². The number of fused-ring (bicyclic) bond motifs is 1. The number of carbonyl (C=O) groups excluding carboxylic acids is 2. The van der Waals surface area contributed by atoms with Crippen molar-refractivity contribution >= 4 is 55.0 Å². The fourth-order valence-electron chi connectivity index (χ4n) is 3.37. The maximum Gasteiger partial charge on any atom is 0.280 e. The summed E-state index contributed by atoms with van der Waals surface area (Å²) in [4.78, 5) is 29.5. The van der Waals surface area contributed by atoms with Crippen molar-refractivity contribution in [3.63, 3.8) is 0 Å². The molecule has 0 saturated heterocycles. The van der Waals surface area contributed by atoms with E-state index in [9.17, 15) is 18.4 Å².